The number of carboxylic acids is 1. The second-order valence-corrected chi connectivity index (χ2v) is 31.5. The molecule has 7 aromatic rings. The zero-order chi connectivity index (χ0) is 73.6. The largest absolute Gasteiger partial charge is 0.476 e. The lowest BCUT2D eigenvalue weighted by atomic mass is 9.39. The molecular formula is C73H87N13O15S2. The van der Waals surface area contributed by atoms with Gasteiger partial charge in [-0.05, 0) is 153 Å². The van der Waals surface area contributed by atoms with Crippen LogP contribution in [-0.2, 0) is 56.7 Å². The number of nitrogens with two attached hydrogens (primary N) is 1. The number of carbonyl (C=O) groups is 8. The summed E-state index contributed by atoms with van der Waals surface area (Å²) in [5.41, 5.74) is 8.76. The lowest BCUT2D eigenvalue weighted by Crippen LogP contribution is -2.64. The zero-order valence-electron chi connectivity index (χ0n) is 58.1. The van der Waals surface area contributed by atoms with Crippen molar-refractivity contribution in [3.05, 3.63) is 132 Å². The van der Waals surface area contributed by atoms with E-state index in [4.69, 9.17) is 25.3 Å². The number of aliphatic hydroxyl groups is 1. The van der Waals surface area contributed by atoms with Crippen molar-refractivity contribution in [3.8, 4) is 22.4 Å². The summed E-state index contributed by atoms with van der Waals surface area (Å²) in [5, 5.41) is 40.9. The van der Waals surface area contributed by atoms with E-state index in [-0.39, 0.29) is 91.3 Å². The molecule has 4 aliphatic carbocycles. The molecule has 103 heavy (non-hydrogen) atoms. The molecule has 7 amide bonds. The van der Waals surface area contributed by atoms with E-state index in [2.05, 4.69) is 50.4 Å². The predicted octanol–water partition coefficient (Wildman–Crippen LogP) is 8.35. The lowest BCUT2D eigenvalue weighted by Gasteiger charge is -2.69. The van der Waals surface area contributed by atoms with E-state index in [0.29, 0.717) is 93.8 Å². The van der Waals surface area contributed by atoms with Crippen molar-refractivity contribution in [2.45, 2.75) is 149 Å². The zero-order valence-corrected chi connectivity index (χ0v) is 59.7. The number of nitrogens with zero attached hydrogens (tertiary/aromatic N) is 7. The van der Waals surface area contributed by atoms with Crippen LogP contribution in [0.5, 0.6) is 0 Å². The summed E-state index contributed by atoms with van der Waals surface area (Å²) in [4.78, 5) is 121. The monoisotopic (exact) mass is 1450 g/mol. The molecule has 12 rings (SSSR count). The Bertz CT molecular complexity index is 4470. The van der Waals surface area contributed by atoms with Gasteiger partial charge in [0.15, 0.2) is 17.2 Å². The molecule has 5 heterocycles. The van der Waals surface area contributed by atoms with Crippen LogP contribution < -0.4 is 32.3 Å². The third-order valence-electron chi connectivity index (χ3n) is 19.8. The number of ether oxygens (including phenoxy) is 2. The summed E-state index contributed by atoms with van der Waals surface area (Å²) in [7, 11) is -4.51. The number of nitrogens with one attached hydrogen (secondary N) is 5. The molecule has 5 atom stereocenters. The van der Waals surface area contributed by atoms with E-state index in [9.17, 15) is 61.5 Å². The van der Waals surface area contributed by atoms with E-state index in [1.54, 1.807) is 68.7 Å². The minimum atomic E-state index is -4.51. The predicted molar refractivity (Wildman–Crippen MR) is 384 cm³/mol. The Morgan fingerprint density at radius 2 is 1.54 bits per heavy atom. The third-order valence-corrected chi connectivity index (χ3v) is 21.4. The standard InChI is InChI=1S/C73H87N13O15S2/c1-44(2)61(82-58(87)15-7-6-10-27-85-59(88)24-25-60(85)89)65(92)80-56(13-11-26-76-67(74)95)64(91)78-49-20-16-46(17-21-49)36-100-69(96)84(29-31-103(97,98)99)28-30-101-73-40-70(4)37-71(5,41-73)39-72(38-70,42-73)43-86-45(3)52(35-77-86)50-22-23-54(79-62(50)66(93)94)47-18-19-48-33-75-34-53(51(48)32-47)63(90)83-68-81-55-12-8-9-14-57(55)102-68/h8-9,12,14,16-25,32-35,44,56,61,67,76,95H,6-7,10-11,13,15,26-31,36-43,74H2,1-5H3,(H,78,91)(H,80,92)(H,82,87)(H,93,94)(H,81,83,90)(H,97,98,99)/t56-,61-,67?,70?,71?,72?,73?/m0/s1. The maximum atomic E-state index is 13.9. The van der Waals surface area contributed by atoms with Crippen LogP contribution in [0, 0.1) is 29.1 Å². The van der Waals surface area contributed by atoms with Gasteiger partial charge in [0.25, 0.3) is 27.8 Å². The van der Waals surface area contributed by atoms with Crippen molar-refractivity contribution in [1.29, 1.82) is 0 Å². The number of fused-ring (bicyclic) bond motifs is 2. The molecule has 546 valence electrons. The van der Waals surface area contributed by atoms with Gasteiger partial charge in [0.1, 0.15) is 18.7 Å². The number of unbranched alkanes of at least 4 members (excludes halogenated alkanes) is 2. The van der Waals surface area contributed by atoms with Crippen molar-refractivity contribution >= 4 is 101 Å². The van der Waals surface area contributed by atoms with Crippen LogP contribution in [0.4, 0.5) is 15.6 Å². The topological polar surface area (TPSA) is 399 Å². The van der Waals surface area contributed by atoms with E-state index in [1.165, 1.54) is 34.6 Å². The molecule has 28 nitrogen and oxygen atoms in total. The molecule has 4 aromatic heterocycles. The lowest BCUT2D eigenvalue weighted by molar-refractivity contribution is -0.248. The number of hydrogen-bond donors (Lipinski definition) is 9. The Morgan fingerprint density at radius 3 is 2.24 bits per heavy atom. The Kier molecular flexibility index (Phi) is 22.7. The molecule has 0 saturated heterocycles. The van der Waals surface area contributed by atoms with Gasteiger partial charge < -0.3 is 40.5 Å². The Hall–Kier alpha value is -9.43. The molecular weight excluding hydrogens is 1360 g/mol. The van der Waals surface area contributed by atoms with Crippen LogP contribution in [0.1, 0.15) is 137 Å². The molecule has 4 fully saturated rings. The molecule has 1 aliphatic heterocycles. The van der Waals surface area contributed by atoms with Crippen LogP contribution in [0.25, 0.3) is 43.4 Å². The number of hydrogen-bond acceptors (Lipinski definition) is 20. The first kappa shape index (κ1) is 74.7. The summed E-state index contributed by atoms with van der Waals surface area (Å²) in [6.45, 7) is 10.2. The molecule has 10 N–H and O–H groups in total. The van der Waals surface area contributed by atoms with Crippen LogP contribution in [0.3, 0.4) is 0 Å². The minimum Gasteiger partial charge on any atom is -0.476 e. The number of para-hydroxylation sites is 1. The summed E-state index contributed by atoms with van der Waals surface area (Å²) in [6.07, 6.45) is 12.0. The van der Waals surface area contributed by atoms with Gasteiger partial charge in [-0.2, -0.15) is 13.5 Å². The summed E-state index contributed by atoms with van der Waals surface area (Å²) < 4.78 is 49.6. The molecule has 30 heteroatoms. The minimum absolute atomic E-state index is 0.0233. The number of thiazole rings is 1. The number of rotatable bonds is 33. The fourth-order valence-electron chi connectivity index (χ4n) is 16.2. The van der Waals surface area contributed by atoms with Gasteiger partial charge in [0.05, 0.1) is 45.6 Å². The SMILES string of the molecule is Cc1c(-c2ccc(-c3ccc4cncc(C(=O)Nc5nc6ccccc6s5)c4c3)nc2C(=O)O)cnn1CC12CC3(C)CC(C)(C1)CC(OCCN(CCS(=O)(=O)O)C(=O)OCc1ccc(NC(=O)[C@H](CCCNC(N)O)NC(=O)[C@@H](NC(=O)CCCCCN4C(=O)C=CC4=O)C(C)C)cc1)(C3)C2. The first-order valence-corrected chi connectivity index (χ1v) is 36.9. The average molecular weight is 1450 g/mol. The smallest absolute Gasteiger partial charge is 0.410 e. The van der Waals surface area contributed by atoms with Crippen LogP contribution >= 0.6 is 11.3 Å². The molecule has 3 aromatic carbocycles. The van der Waals surface area contributed by atoms with E-state index < -0.39 is 76.2 Å². The van der Waals surface area contributed by atoms with Crippen LogP contribution in [0.2, 0.25) is 0 Å². The molecule has 0 spiro atoms. The van der Waals surface area contributed by atoms with E-state index in [1.807, 2.05) is 48.0 Å². The second kappa shape index (κ2) is 31.3. The van der Waals surface area contributed by atoms with Crippen LogP contribution in [-0.4, -0.2) is 168 Å². The Morgan fingerprint density at radius 1 is 0.806 bits per heavy atom. The van der Waals surface area contributed by atoms with Gasteiger partial charge in [0.2, 0.25) is 17.7 Å². The van der Waals surface area contributed by atoms with Crippen molar-refractivity contribution in [1.82, 2.24) is 50.5 Å². The highest BCUT2D eigenvalue weighted by Crippen LogP contribution is 2.72. The number of imide groups is 1. The summed E-state index contributed by atoms with van der Waals surface area (Å²) >= 11 is 1.36. The van der Waals surface area contributed by atoms with Crippen molar-refractivity contribution in [3.63, 3.8) is 0 Å². The molecule has 0 radical (unpaired) electrons. The van der Waals surface area contributed by atoms with E-state index >= 15 is 0 Å². The van der Waals surface area contributed by atoms with E-state index in [0.717, 1.165) is 52.9 Å². The number of pyridine rings is 2. The first-order chi connectivity index (χ1) is 49.0. The van der Waals surface area contributed by atoms with Gasteiger partial charge in [-0.25, -0.2) is 19.6 Å². The second-order valence-electron chi connectivity index (χ2n) is 28.9. The number of aromatic nitrogens is 5. The maximum Gasteiger partial charge on any atom is 0.410 e. The quantitative estimate of drug-likeness (QED) is 0.00807. The van der Waals surface area contributed by atoms with Gasteiger partial charge in [0, 0.05) is 90.6 Å². The number of aromatic carboxylic acids is 1. The number of benzene rings is 3. The fraction of sp³-hybridized carbons (Fsp3) is 0.452. The number of anilines is 2. The number of carbonyl (C=O) groups excluding carboxylic acids is 7. The summed E-state index contributed by atoms with van der Waals surface area (Å²) in [5.74, 6) is -5.07. The molecule has 4 bridgehead atoms. The van der Waals surface area contributed by atoms with Crippen molar-refractivity contribution < 1.29 is 71.0 Å². The summed E-state index contributed by atoms with van der Waals surface area (Å²) in [6, 6.07) is 20.8. The van der Waals surface area contributed by atoms with Gasteiger partial charge in [-0.1, -0.05) is 81.9 Å². The fourth-order valence-corrected chi connectivity index (χ4v) is 17.5. The normalized spacial score (nSPS) is 20.7. The van der Waals surface area contributed by atoms with Gasteiger partial charge in [-0.15, -0.1) is 0 Å². The van der Waals surface area contributed by atoms with Gasteiger partial charge >= 0.3 is 12.1 Å². The van der Waals surface area contributed by atoms with Crippen molar-refractivity contribution in [2.75, 3.05) is 49.2 Å². The maximum absolute atomic E-state index is 13.9. The number of aliphatic hydroxyl groups excluding tert-OH is 1. The molecule has 5 aliphatic rings. The third kappa shape index (κ3) is 18.3. The number of carboxylic acid groups (broad SMARTS) is 1. The average Bonchev–Trinajstić information content (AvgIpc) is 0.895. The highest BCUT2D eigenvalue weighted by Gasteiger charge is 2.66. The highest BCUT2D eigenvalue weighted by molar-refractivity contribution is 7.85. The Balaban J connectivity index is 0.707. The van der Waals surface area contributed by atoms with Crippen molar-refractivity contribution in [2.24, 2.45) is 27.9 Å². The molecule has 4 saturated carbocycles. The highest BCUT2D eigenvalue weighted by atomic mass is 32.2. The molecule has 3 unspecified atom stereocenters. The van der Waals surface area contributed by atoms with Gasteiger partial charge in [-0.3, -0.25) is 64.3 Å². The first-order valence-electron chi connectivity index (χ1n) is 34.5. The Labute approximate surface area is 599 Å². The van der Waals surface area contributed by atoms with Crippen LogP contribution in [0.15, 0.2) is 110 Å². The number of amides is 7.